The second kappa shape index (κ2) is 13.4. The standard InChI is InChI=1S/C26H39N5O5S/c1-19-14-23(36-7)15-20(2)26(19)37(34,35)31(6)18-24(32)28-16-25(33)30(5)17-21-8-10-22(11-9-21)27-12-13-29(3)4/h8-11,14-15,27H,12-13,16-18H2,1-7H3,(H,28,32). The van der Waals surface area contributed by atoms with Gasteiger partial charge in [-0.05, 0) is 68.9 Å². The van der Waals surface area contributed by atoms with Crippen LogP contribution in [0.3, 0.4) is 0 Å². The number of carbonyl (C=O) groups excluding carboxylic acids is 2. The average Bonchev–Trinajstić information content (AvgIpc) is 2.82. The van der Waals surface area contributed by atoms with Gasteiger partial charge in [0.25, 0.3) is 0 Å². The lowest BCUT2D eigenvalue weighted by Gasteiger charge is -2.21. The Kier molecular flexibility index (Phi) is 10.9. The fraction of sp³-hybridized carbons (Fsp3) is 0.462. The minimum atomic E-state index is -3.92. The number of likely N-dealkylation sites (N-methyl/N-ethyl adjacent to an activating group) is 3. The molecule has 2 aromatic rings. The number of rotatable bonds is 13. The summed E-state index contributed by atoms with van der Waals surface area (Å²) in [5.74, 6) is -0.289. The van der Waals surface area contributed by atoms with Crippen molar-refractivity contribution in [1.82, 2.24) is 19.4 Å². The summed E-state index contributed by atoms with van der Waals surface area (Å²) in [6, 6.07) is 11.1. The number of methoxy groups -OCH3 is 1. The summed E-state index contributed by atoms with van der Waals surface area (Å²) in [7, 11) is 4.63. The highest BCUT2D eigenvalue weighted by molar-refractivity contribution is 7.89. The first-order valence-electron chi connectivity index (χ1n) is 11.9. The predicted octanol–water partition coefficient (Wildman–Crippen LogP) is 1.68. The van der Waals surface area contributed by atoms with Gasteiger partial charge in [-0.1, -0.05) is 12.1 Å². The molecule has 11 heteroatoms. The van der Waals surface area contributed by atoms with Crippen LogP contribution in [0.5, 0.6) is 5.75 Å². The third kappa shape index (κ3) is 8.73. The number of anilines is 1. The molecule has 0 fully saturated rings. The molecular formula is C26H39N5O5S. The zero-order valence-corrected chi connectivity index (χ0v) is 23.6. The number of hydrogen-bond acceptors (Lipinski definition) is 7. The lowest BCUT2D eigenvalue weighted by atomic mass is 10.1. The Labute approximate surface area is 220 Å². The predicted molar refractivity (Wildman–Crippen MR) is 145 cm³/mol. The van der Waals surface area contributed by atoms with Gasteiger partial charge >= 0.3 is 0 Å². The van der Waals surface area contributed by atoms with Crippen molar-refractivity contribution in [2.75, 3.05) is 66.8 Å². The highest BCUT2D eigenvalue weighted by atomic mass is 32.2. The number of nitrogens with one attached hydrogen (secondary N) is 2. The van der Waals surface area contributed by atoms with Gasteiger partial charge in [0.2, 0.25) is 21.8 Å². The molecule has 0 heterocycles. The molecule has 10 nitrogen and oxygen atoms in total. The van der Waals surface area contributed by atoms with E-state index in [-0.39, 0.29) is 17.3 Å². The van der Waals surface area contributed by atoms with Crippen LogP contribution < -0.4 is 15.4 Å². The molecule has 0 unspecified atom stereocenters. The van der Waals surface area contributed by atoms with Crippen molar-refractivity contribution in [3.63, 3.8) is 0 Å². The van der Waals surface area contributed by atoms with Crippen LogP contribution >= 0.6 is 0 Å². The molecule has 0 atom stereocenters. The Hall–Kier alpha value is -3.15. The maximum absolute atomic E-state index is 13.1. The van der Waals surface area contributed by atoms with E-state index < -0.39 is 22.5 Å². The van der Waals surface area contributed by atoms with Crippen molar-refractivity contribution in [3.05, 3.63) is 53.1 Å². The average molecular weight is 534 g/mol. The van der Waals surface area contributed by atoms with Crippen molar-refractivity contribution in [3.8, 4) is 5.75 Å². The second-order valence-corrected chi connectivity index (χ2v) is 11.3. The van der Waals surface area contributed by atoms with E-state index in [0.717, 1.165) is 28.6 Å². The molecule has 0 saturated heterocycles. The van der Waals surface area contributed by atoms with Gasteiger partial charge in [0.15, 0.2) is 0 Å². The van der Waals surface area contributed by atoms with Crippen molar-refractivity contribution in [2.45, 2.75) is 25.3 Å². The molecule has 0 radical (unpaired) electrons. The number of aryl methyl sites for hydroxylation is 2. The molecule has 0 saturated carbocycles. The van der Waals surface area contributed by atoms with Gasteiger partial charge in [-0.25, -0.2) is 8.42 Å². The van der Waals surface area contributed by atoms with Crippen LogP contribution in [0.1, 0.15) is 16.7 Å². The van der Waals surface area contributed by atoms with Gasteiger partial charge in [0.05, 0.1) is 25.1 Å². The molecular weight excluding hydrogens is 494 g/mol. The molecule has 0 aliphatic heterocycles. The highest BCUT2D eigenvalue weighted by Gasteiger charge is 2.27. The molecule has 0 aromatic heterocycles. The fourth-order valence-electron chi connectivity index (χ4n) is 3.76. The smallest absolute Gasteiger partial charge is 0.243 e. The molecule has 0 aliphatic carbocycles. The maximum Gasteiger partial charge on any atom is 0.243 e. The lowest BCUT2D eigenvalue weighted by Crippen LogP contribution is -2.43. The van der Waals surface area contributed by atoms with Gasteiger partial charge in [-0.3, -0.25) is 9.59 Å². The van der Waals surface area contributed by atoms with Crippen LogP contribution in [0.25, 0.3) is 0 Å². The summed E-state index contributed by atoms with van der Waals surface area (Å²) < 4.78 is 32.4. The van der Waals surface area contributed by atoms with E-state index in [0.29, 0.717) is 23.4 Å². The van der Waals surface area contributed by atoms with Gasteiger partial charge in [0, 0.05) is 39.4 Å². The number of sulfonamides is 1. The normalized spacial score (nSPS) is 11.5. The molecule has 0 bridgehead atoms. The van der Waals surface area contributed by atoms with E-state index >= 15 is 0 Å². The van der Waals surface area contributed by atoms with E-state index in [4.69, 9.17) is 4.74 Å². The Morgan fingerprint density at radius 1 is 0.973 bits per heavy atom. The van der Waals surface area contributed by atoms with Gasteiger partial charge < -0.3 is 25.2 Å². The lowest BCUT2D eigenvalue weighted by molar-refractivity contribution is -0.132. The molecule has 0 aliphatic rings. The highest BCUT2D eigenvalue weighted by Crippen LogP contribution is 2.27. The quantitative estimate of drug-likeness (QED) is 0.403. The number of amides is 2. The summed E-state index contributed by atoms with van der Waals surface area (Å²) in [6.45, 7) is 4.87. The summed E-state index contributed by atoms with van der Waals surface area (Å²) in [4.78, 5) is 28.7. The number of benzene rings is 2. The van der Waals surface area contributed by atoms with E-state index in [1.165, 1.54) is 19.1 Å². The fourth-order valence-corrected chi connectivity index (χ4v) is 5.29. The van der Waals surface area contributed by atoms with Crippen molar-refractivity contribution in [1.29, 1.82) is 0 Å². The number of nitrogens with zero attached hydrogens (tertiary/aromatic N) is 3. The second-order valence-electron chi connectivity index (χ2n) is 9.30. The number of carbonyl (C=O) groups is 2. The molecule has 204 valence electrons. The summed E-state index contributed by atoms with van der Waals surface area (Å²) >= 11 is 0. The topological polar surface area (TPSA) is 111 Å². The minimum Gasteiger partial charge on any atom is -0.497 e. The number of ether oxygens (including phenoxy) is 1. The summed E-state index contributed by atoms with van der Waals surface area (Å²) in [5, 5.41) is 5.86. The summed E-state index contributed by atoms with van der Waals surface area (Å²) in [5.41, 5.74) is 3.01. The van der Waals surface area contributed by atoms with Crippen LogP contribution in [0.15, 0.2) is 41.3 Å². The Bertz CT molecular complexity index is 1160. The van der Waals surface area contributed by atoms with Crippen LogP contribution in [0.4, 0.5) is 5.69 Å². The largest absolute Gasteiger partial charge is 0.497 e. The number of hydrogen-bond donors (Lipinski definition) is 2. The van der Waals surface area contributed by atoms with E-state index in [1.54, 1.807) is 33.0 Å². The Balaban J connectivity index is 1.87. The summed E-state index contributed by atoms with van der Waals surface area (Å²) in [6.07, 6.45) is 0. The van der Waals surface area contributed by atoms with E-state index in [9.17, 15) is 18.0 Å². The van der Waals surface area contributed by atoms with Gasteiger partial charge in [-0.15, -0.1) is 0 Å². The van der Waals surface area contributed by atoms with Crippen LogP contribution in [-0.4, -0.2) is 95.8 Å². The zero-order valence-electron chi connectivity index (χ0n) is 22.8. The first-order chi connectivity index (χ1) is 17.3. The molecule has 0 spiro atoms. The maximum atomic E-state index is 13.1. The monoisotopic (exact) mass is 533 g/mol. The van der Waals surface area contributed by atoms with E-state index in [1.807, 2.05) is 38.4 Å². The van der Waals surface area contributed by atoms with E-state index in [2.05, 4.69) is 15.5 Å². The first kappa shape index (κ1) is 30.1. The minimum absolute atomic E-state index is 0.137. The molecule has 2 amide bonds. The zero-order chi connectivity index (χ0) is 27.8. The SMILES string of the molecule is COc1cc(C)c(S(=O)(=O)N(C)CC(=O)NCC(=O)N(C)Cc2ccc(NCCN(C)C)cc2)c(C)c1. The van der Waals surface area contributed by atoms with Crippen molar-refractivity contribution < 1.29 is 22.7 Å². The third-order valence-corrected chi connectivity index (χ3v) is 7.94. The van der Waals surface area contributed by atoms with Crippen molar-refractivity contribution in [2.24, 2.45) is 0 Å². The Morgan fingerprint density at radius 3 is 2.11 bits per heavy atom. The van der Waals surface area contributed by atoms with Crippen LogP contribution in [-0.2, 0) is 26.2 Å². The van der Waals surface area contributed by atoms with Crippen LogP contribution in [0.2, 0.25) is 0 Å². The Morgan fingerprint density at radius 2 is 1.57 bits per heavy atom. The third-order valence-electron chi connectivity index (χ3n) is 5.83. The van der Waals surface area contributed by atoms with Crippen LogP contribution in [0, 0.1) is 13.8 Å². The molecule has 2 rings (SSSR count). The molecule has 37 heavy (non-hydrogen) atoms. The first-order valence-corrected chi connectivity index (χ1v) is 13.4. The van der Waals surface area contributed by atoms with Gasteiger partial charge in [0.1, 0.15) is 5.75 Å². The molecule has 2 N–H and O–H groups in total. The van der Waals surface area contributed by atoms with Crippen molar-refractivity contribution >= 4 is 27.5 Å². The molecule has 2 aromatic carbocycles. The van der Waals surface area contributed by atoms with Gasteiger partial charge in [-0.2, -0.15) is 4.31 Å².